The highest BCUT2D eigenvalue weighted by atomic mass is 32.2. The summed E-state index contributed by atoms with van der Waals surface area (Å²) in [5.41, 5.74) is 7.69. The Hall–Kier alpha value is -1.14. The average Bonchev–Trinajstić information content (AvgIpc) is 2.22. The highest BCUT2D eigenvalue weighted by Crippen LogP contribution is 2.21. The predicted molar refractivity (Wildman–Crippen MR) is 74.7 cm³/mol. The number of thiocarbonyl (C=S) groups is 1. The zero-order valence-corrected chi connectivity index (χ0v) is 11.7. The smallest absolute Gasteiger partial charge is 0.241 e. The molecule has 0 saturated carbocycles. The van der Waals surface area contributed by atoms with Gasteiger partial charge in [-0.3, -0.25) is 4.72 Å². The number of hydrogen-bond acceptors (Lipinski definition) is 3. The molecule has 0 saturated heterocycles. The van der Waals surface area contributed by atoms with Gasteiger partial charge in [-0.05, 0) is 31.9 Å². The number of benzene rings is 1. The number of sulfonamides is 1. The maximum atomic E-state index is 12.0. The molecule has 4 nitrogen and oxygen atoms in total. The van der Waals surface area contributed by atoms with E-state index in [4.69, 9.17) is 18.0 Å². The number of hydrogen-bond donors (Lipinski definition) is 2. The lowest BCUT2D eigenvalue weighted by molar-refractivity contribution is 0.598. The van der Waals surface area contributed by atoms with Crippen molar-refractivity contribution in [1.82, 2.24) is 0 Å². The minimum atomic E-state index is -3.57. The summed E-state index contributed by atoms with van der Waals surface area (Å²) in [5, 5.41) is -0.892. The number of rotatable bonds is 4. The summed E-state index contributed by atoms with van der Waals surface area (Å²) in [5.74, 6) is 0. The molecule has 1 aromatic rings. The first kappa shape index (κ1) is 13.9. The van der Waals surface area contributed by atoms with E-state index < -0.39 is 15.3 Å². The third kappa shape index (κ3) is 3.17. The molecule has 94 valence electrons. The second-order valence-corrected chi connectivity index (χ2v) is 6.43. The molecular formula is C11H16N2O2S2. The van der Waals surface area contributed by atoms with Crippen molar-refractivity contribution in [3.8, 4) is 0 Å². The fourth-order valence-corrected chi connectivity index (χ4v) is 2.83. The van der Waals surface area contributed by atoms with Crippen LogP contribution in [0.25, 0.3) is 0 Å². The van der Waals surface area contributed by atoms with E-state index >= 15 is 0 Å². The Morgan fingerprint density at radius 3 is 2.24 bits per heavy atom. The van der Waals surface area contributed by atoms with Crippen molar-refractivity contribution in [1.29, 1.82) is 0 Å². The van der Waals surface area contributed by atoms with E-state index in [9.17, 15) is 8.42 Å². The van der Waals surface area contributed by atoms with Crippen LogP contribution in [-0.4, -0.2) is 18.7 Å². The van der Waals surface area contributed by atoms with Gasteiger partial charge in [0, 0.05) is 0 Å². The molecule has 0 radical (unpaired) electrons. The molecule has 3 N–H and O–H groups in total. The molecule has 6 heteroatoms. The molecule has 0 bridgehead atoms. The number of para-hydroxylation sites is 1. The normalized spacial score (nSPS) is 13.1. The molecule has 0 heterocycles. The summed E-state index contributed by atoms with van der Waals surface area (Å²) >= 11 is 4.71. The molecule has 17 heavy (non-hydrogen) atoms. The second kappa shape index (κ2) is 5.01. The fraction of sp³-hybridized carbons (Fsp3) is 0.364. The largest absolute Gasteiger partial charge is 0.392 e. The molecule has 0 aliphatic rings. The van der Waals surface area contributed by atoms with Crippen LogP contribution in [0.5, 0.6) is 0 Å². The summed E-state index contributed by atoms with van der Waals surface area (Å²) < 4.78 is 26.5. The second-order valence-electron chi connectivity index (χ2n) is 3.96. The molecule has 1 aromatic carbocycles. The molecule has 1 unspecified atom stereocenters. The molecule has 1 atom stereocenters. The van der Waals surface area contributed by atoms with Gasteiger partial charge >= 0.3 is 0 Å². The van der Waals surface area contributed by atoms with Gasteiger partial charge in [-0.15, -0.1) is 0 Å². The SMILES string of the molecule is Cc1cccc(C)c1NS(=O)(=O)C(C)C(N)=S. The summed E-state index contributed by atoms with van der Waals surface area (Å²) in [4.78, 5) is -0.0382. The summed E-state index contributed by atoms with van der Waals surface area (Å²) in [6.07, 6.45) is 0. The maximum Gasteiger partial charge on any atom is 0.241 e. The number of nitrogens with one attached hydrogen (secondary N) is 1. The quantitative estimate of drug-likeness (QED) is 0.819. The van der Waals surface area contributed by atoms with Gasteiger partial charge in [-0.25, -0.2) is 8.42 Å². The van der Waals surface area contributed by atoms with Crippen molar-refractivity contribution in [2.75, 3.05) is 4.72 Å². The first-order chi connectivity index (χ1) is 7.75. The molecule has 0 amide bonds. The summed E-state index contributed by atoms with van der Waals surface area (Å²) in [6, 6.07) is 5.56. The zero-order chi connectivity index (χ0) is 13.2. The molecular weight excluding hydrogens is 256 g/mol. The first-order valence-electron chi connectivity index (χ1n) is 5.13. The van der Waals surface area contributed by atoms with Gasteiger partial charge in [0.1, 0.15) is 5.25 Å². The Morgan fingerprint density at radius 2 is 1.82 bits per heavy atom. The van der Waals surface area contributed by atoms with Crippen molar-refractivity contribution < 1.29 is 8.42 Å². The van der Waals surface area contributed by atoms with Crippen molar-refractivity contribution in [2.24, 2.45) is 5.73 Å². The van der Waals surface area contributed by atoms with E-state index in [1.165, 1.54) is 6.92 Å². The monoisotopic (exact) mass is 272 g/mol. The minimum absolute atomic E-state index is 0.0382. The average molecular weight is 272 g/mol. The van der Waals surface area contributed by atoms with Gasteiger partial charge in [-0.1, -0.05) is 30.4 Å². The molecule has 0 fully saturated rings. The number of aryl methyl sites for hydroxylation is 2. The van der Waals surface area contributed by atoms with Gasteiger partial charge in [-0.2, -0.15) is 0 Å². The highest BCUT2D eigenvalue weighted by molar-refractivity contribution is 7.95. The van der Waals surface area contributed by atoms with Crippen LogP contribution < -0.4 is 10.5 Å². The Kier molecular flexibility index (Phi) is 4.11. The standard InChI is InChI=1S/C11H16N2O2S2/c1-7-5-4-6-8(2)10(7)13-17(14,15)9(3)11(12)16/h4-6,9,13H,1-3H3,(H2,12,16). The topological polar surface area (TPSA) is 72.2 Å². The lowest BCUT2D eigenvalue weighted by Gasteiger charge is -2.16. The van der Waals surface area contributed by atoms with Crippen LogP contribution in [0.1, 0.15) is 18.1 Å². The Balaban J connectivity index is 3.11. The van der Waals surface area contributed by atoms with Crippen molar-refractivity contribution in [2.45, 2.75) is 26.0 Å². The van der Waals surface area contributed by atoms with E-state index in [-0.39, 0.29) is 4.99 Å². The van der Waals surface area contributed by atoms with E-state index in [1.54, 1.807) is 0 Å². The summed E-state index contributed by atoms with van der Waals surface area (Å²) in [7, 11) is -3.57. The van der Waals surface area contributed by atoms with Crippen LogP contribution in [0, 0.1) is 13.8 Å². The third-order valence-corrected chi connectivity index (χ3v) is 4.77. The lowest BCUT2D eigenvalue weighted by Crippen LogP contribution is -2.36. The molecule has 0 aromatic heterocycles. The van der Waals surface area contributed by atoms with E-state index in [0.717, 1.165) is 11.1 Å². The molecule has 0 aliphatic carbocycles. The van der Waals surface area contributed by atoms with Gasteiger partial charge in [0.2, 0.25) is 10.0 Å². The lowest BCUT2D eigenvalue weighted by atomic mass is 10.1. The molecule has 1 rings (SSSR count). The molecule has 0 spiro atoms. The van der Waals surface area contributed by atoms with Crippen LogP contribution in [-0.2, 0) is 10.0 Å². The Morgan fingerprint density at radius 1 is 1.35 bits per heavy atom. The number of anilines is 1. The molecule has 0 aliphatic heterocycles. The van der Waals surface area contributed by atoms with E-state index in [0.29, 0.717) is 5.69 Å². The van der Waals surface area contributed by atoms with Crippen LogP contribution in [0.15, 0.2) is 18.2 Å². The Bertz CT molecular complexity index is 518. The highest BCUT2D eigenvalue weighted by Gasteiger charge is 2.24. The van der Waals surface area contributed by atoms with E-state index in [1.807, 2.05) is 32.0 Å². The van der Waals surface area contributed by atoms with Crippen molar-refractivity contribution >= 4 is 32.9 Å². The number of nitrogens with two attached hydrogens (primary N) is 1. The van der Waals surface area contributed by atoms with Crippen LogP contribution in [0.2, 0.25) is 0 Å². The van der Waals surface area contributed by atoms with Crippen LogP contribution in [0.4, 0.5) is 5.69 Å². The van der Waals surface area contributed by atoms with Crippen LogP contribution in [0.3, 0.4) is 0 Å². The zero-order valence-electron chi connectivity index (χ0n) is 10.0. The van der Waals surface area contributed by atoms with E-state index in [2.05, 4.69) is 4.72 Å². The fourth-order valence-electron chi connectivity index (χ4n) is 1.36. The van der Waals surface area contributed by atoms with Gasteiger partial charge in [0.25, 0.3) is 0 Å². The van der Waals surface area contributed by atoms with Gasteiger partial charge in [0.15, 0.2) is 0 Å². The van der Waals surface area contributed by atoms with Gasteiger partial charge < -0.3 is 5.73 Å². The Labute approximate surface area is 107 Å². The van der Waals surface area contributed by atoms with Crippen molar-refractivity contribution in [3.05, 3.63) is 29.3 Å². The minimum Gasteiger partial charge on any atom is -0.392 e. The predicted octanol–water partition coefficient (Wildman–Crippen LogP) is 1.72. The third-order valence-electron chi connectivity index (χ3n) is 2.59. The van der Waals surface area contributed by atoms with Crippen molar-refractivity contribution in [3.63, 3.8) is 0 Å². The summed E-state index contributed by atoms with van der Waals surface area (Å²) in [6.45, 7) is 5.16. The first-order valence-corrected chi connectivity index (χ1v) is 7.08. The van der Waals surface area contributed by atoms with Gasteiger partial charge in [0.05, 0.1) is 10.7 Å². The maximum absolute atomic E-state index is 12.0. The van der Waals surface area contributed by atoms with Crippen LogP contribution >= 0.6 is 12.2 Å².